The van der Waals surface area contributed by atoms with Gasteiger partial charge in [-0.05, 0) is 93.5 Å². The van der Waals surface area contributed by atoms with Gasteiger partial charge in [0, 0.05) is 0 Å². The Morgan fingerprint density at radius 1 is 1.12 bits per heavy atom. The minimum atomic E-state index is -0.381. The molecule has 5 rings (SSSR count). The van der Waals surface area contributed by atoms with Crippen molar-refractivity contribution < 1.29 is 9.53 Å². The number of rotatable bonds is 2. The number of carbonyl (C=O) groups is 1. The molecule has 2 nitrogen and oxygen atoms in total. The zero-order valence-corrected chi connectivity index (χ0v) is 15.2. The Balaban J connectivity index is 1.43. The molecule has 0 saturated heterocycles. The fourth-order valence-corrected chi connectivity index (χ4v) is 7.37. The molecule has 24 heavy (non-hydrogen) atoms. The van der Waals surface area contributed by atoms with Crippen LogP contribution in [-0.4, -0.2) is 11.6 Å². The van der Waals surface area contributed by atoms with Gasteiger partial charge in [0.05, 0.1) is 5.41 Å². The molecule has 0 spiro atoms. The van der Waals surface area contributed by atoms with Gasteiger partial charge in [-0.15, -0.1) is 0 Å². The molecule has 0 aromatic carbocycles. The van der Waals surface area contributed by atoms with Gasteiger partial charge in [0.2, 0.25) is 0 Å². The summed E-state index contributed by atoms with van der Waals surface area (Å²) in [6.45, 7) is 6.65. The molecule has 130 valence electrons. The highest BCUT2D eigenvalue weighted by molar-refractivity contribution is 5.79. The molecule has 0 heterocycles. The van der Waals surface area contributed by atoms with Crippen molar-refractivity contribution in [3.8, 4) is 0 Å². The lowest BCUT2D eigenvalue weighted by molar-refractivity contribution is -0.176. The lowest BCUT2D eigenvalue weighted by Gasteiger charge is -2.47. The van der Waals surface area contributed by atoms with Crippen LogP contribution >= 0.6 is 0 Å². The summed E-state index contributed by atoms with van der Waals surface area (Å²) in [5.74, 6) is 4.94. The zero-order valence-electron chi connectivity index (χ0n) is 15.2. The number of carbonyl (C=O) groups excluding carboxylic acids is 1. The summed E-state index contributed by atoms with van der Waals surface area (Å²) >= 11 is 0. The van der Waals surface area contributed by atoms with E-state index in [0.717, 1.165) is 48.9 Å². The summed E-state index contributed by atoms with van der Waals surface area (Å²) in [6, 6.07) is 0. The van der Waals surface area contributed by atoms with Crippen LogP contribution in [0.25, 0.3) is 0 Å². The van der Waals surface area contributed by atoms with Gasteiger partial charge in [0.15, 0.2) is 0 Å². The minimum Gasteiger partial charge on any atom is -0.455 e. The molecule has 3 fully saturated rings. The fourth-order valence-electron chi connectivity index (χ4n) is 7.37. The fraction of sp³-hybridized carbons (Fsp3) is 0.773. The van der Waals surface area contributed by atoms with E-state index in [-0.39, 0.29) is 17.0 Å². The molecule has 0 amide bonds. The Morgan fingerprint density at radius 3 is 2.58 bits per heavy atom. The molecular formula is C22H30O2. The Hall–Kier alpha value is -1.05. The maximum absolute atomic E-state index is 13.4. The van der Waals surface area contributed by atoms with Gasteiger partial charge in [0.25, 0.3) is 0 Å². The van der Waals surface area contributed by atoms with E-state index in [4.69, 9.17) is 4.74 Å². The number of esters is 1. The molecule has 0 N–H and O–H groups in total. The van der Waals surface area contributed by atoms with Crippen molar-refractivity contribution in [1.29, 1.82) is 0 Å². The Bertz CT molecular complexity index is 634. The van der Waals surface area contributed by atoms with Gasteiger partial charge in [-0.3, -0.25) is 4.79 Å². The third-order valence-corrected chi connectivity index (χ3v) is 8.71. The van der Waals surface area contributed by atoms with Crippen LogP contribution in [-0.2, 0) is 9.53 Å². The van der Waals surface area contributed by atoms with Gasteiger partial charge in [-0.1, -0.05) is 25.2 Å². The molecule has 9 atom stereocenters. The van der Waals surface area contributed by atoms with E-state index in [1.165, 1.54) is 12.8 Å². The van der Waals surface area contributed by atoms with Crippen molar-refractivity contribution in [2.45, 2.75) is 58.5 Å². The largest absolute Gasteiger partial charge is 0.455 e. The average molecular weight is 326 g/mol. The van der Waals surface area contributed by atoms with Crippen molar-refractivity contribution in [3.05, 3.63) is 24.3 Å². The van der Waals surface area contributed by atoms with Crippen LogP contribution in [0.3, 0.4) is 0 Å². The summed E-state index contributed by atoms with van der Waals surface area (Å²) in [5.41, 5.74) is -0.660. The molecule has 0 aliphatic heterocycles. The molecule has 9 unspecified atom stereocenters. The molecule has 3 saturated carbocycles. The van der Waals surface area contributed by atoms with Crippen molar-refractivity contribution in [3.63, 3.8) is 0 Å². The minimum absolute atomic E-state index is 0.0850. The van der Waals surface area contributed by atoms with E-state index in [2.05, 4.69) is 45.1 Å². The maximum atomic E-state index is 13.4. The summed E-state index contributed by atoms with van der Waals surface area (Å²) in [7, 11) is 0. The van der Waals surface area contributed by atoms with E-state index in [0.29, 0.717) is 11.8 Å². The highest BCUT2D eigenvalue weighted by Gasteiger charge is 2.70. The van der Waals surface area contributed by atoms with Crippen LogP contribution in [0.4, 0.5) is 0 Å². The molecule has 5 aliphatic rings. The van der Waals surface area contributed by atoms with Gasteiger partial charge < -0.3 is 4.74 Å². The van der Waals surface area contributed by atoms with Gasteiger partial charge in [0.1, 0.15) is 5.60 Å². The normalized spacial score (nSPS) is 56.7. The first-order valence-electron chi connectivity index (χ1n) is 10.0. The first-order chi connectivity index (χ1) is 11.4. The van der Waals surface area contributed by atoms with Gasteiger partial charge in [-0.25, -0.2) is 0 Å². The van der Waals surface area contributed by atoms with Crippen molar-refractivity contribution in [2.75, 3.05) is 0 Å². The highest BCUT2D eigenvalue weighted by atomic mass is 16.6. The lowest BCUT2D eigenvalue weighted by atomic mass is 9.58. The SMILES string of the molecule is CC1C2CC(C3C4C=CC(C4)C23)C1(C)C(=O)OC1(C)C=CCCC1. The van der Waals surface area contributed by atoms with E-state index >= 15 is 0 Å². The number of hydrogen-bond acceptors (Lipinski definition) is 2. The van der Waals surface area contributed by atoms with Crippen LogP contribution in [0, 0.1) is 46.8 Å². The Kier molecular flexibility index (Phi) is 3.02. The van der Waals surface area contributed by atoms with E-state index in [9.17, 15) is 4.79 Å². The smallest absolute Gasteiger partial charge is 0.313 e. The Morgan fingerprint density at radius 2 is 1.88 bits per heavy atom. The summed E-state index contributed by atoms with van der Waals surface area (Å²) in [5, 5.41) is 0. The molecule has 0 radical (unpaired) electrons. The first-order valence-corrected chi connectivity index (χ1v) is 10.0. The summed E-state index contributed by atoms with van der Waals surface area (Å²) in [6.07, 6.45) is 15.0. The van der Waals surface area contributed by atoms with Crippen molar-refractivity contribution >= 4 is 5.97 Å². The highest BCUT2D eigenvalue weighted by Crippen LogP contribution is 2.72. The standard InChI is InChI=1S/C22H30O2/c1-13-16-12-17(19-15-8-7-14(11-15)18(16)19)22(13,3)20(23)24-21(2)9-5-4-6-10-21/h5,7-9,13-19H,4,6,10-12H2,1-3H3. The van der Waals surface area contributed by atoms with Crippen LogP contribution in [0.1, 0.15) is 52.9 Å². The van der Waals surface area contributed by atoms with Crippen molar-refractivity contribution in [2.24, 2.45) is 46.8 Å². The number of allylic oxidation sites excluding steroid dienone is 3. The second-order valence-electron chi connectivity index (χ2n) is 9.68. The van der Waals surface area contributed by atoms with Crippen LogP contribution in [0.2, 0.25) is 0 Å². The van der Waals surface area contributed by atoms with Gasteiger partial charge >= 0.3 is 5.97 Å². The van der Waals surface area contributed by atoms with Crippen LogP contribution < -0.4 is 0 Å². The number of hydrogen-bond donors (Lipinski definition) is 0. The predicted molar refractivity (Wildman–Crippen MR) is 94.1 cm³/mol. The monoisotopic (exact) mass is 326 g/mol. The molecular weight excluding hydrogens is 296 g/mol. The molecule has 2 heteroatoms. The molecule has 0 aromatic heterocycles. The van der Waals surface area contributed by atoms with Crippen molar-refractivity contribution in [1.82, 2.24) is 0 Å². The van der Waals surface area contributed by atoms with E-state index in [1.807, 2.05) is 0 Å². The third-order valence-electron chi connectivity index (χ3n) is 8.71. The zero-order chi connectivity index (χ0) is 16.7. The molecule has 5 aliphatic carbocycles. The number of fused-ring (bicyclic) bond motifs is 9. The van der Waals surface area contributed by atoms with E-state index < -0.39 is 0 Å². The van der Waals surface area contributed by atoms with Gasteiger partial charge in [-0.2, -0.15) is 0 Å². The maximum Gasteiger partial charge on any atom is 0.313 e. The van der Waals surface area contributed by atoms with E-state index in [1.54, 1.807) is 0 Å². The topological polar surface area (TPSA) is 26.3 Å². The Labute approximate surface area is 145 Å². The van der Waals surface area contributed by atoms with Crippen LogP contribution in [0.15, 0.2) is 24.3 Å². The predicted octanol–water partition coefficient (Wildman–Crippen LogP) is 4.76. The summed E-state index contributed by atoms with van der Waals surface area (Å²) in [4.78, 5) is 13.4. The lowest BCUT2D eigenvalue weighted by Crippen LogP contribution is -2.50. The second kappa shape index (κ2) is 4.77. The summed E-state index contributed by atoms with van der Waals surface area (Å²) < 4.78 is 6.17. The molecule has 0 aromatic rings. The van der Waals surface area contributed by atoms with Crippen LogP contribution in [0.5, 0.6) is 0 Å². The average Bonchev–Trinajstić information content (AvgIpc) is 3.28. The number of ether oxygens (including phenoxy) is 1. The first kappa shape index (κ1) is 15.2. The third kappa shape index (κ3) is 1.75. The quantitative estimate of drug-likeness (QED) is 0.415. The molecule has 4 bridgehead atoms. The second-order valence-corrected chi connectivity index (χ2v) is 9.68.